The molecular weight excluding hydrogens is 292 g/mol. The molecule has 1 aliphatic rings. The van der Waals surface area contributed by atoms with Gasteiger partial charge in [0.05, 0.1) is 0 Å². The number of esters is 1. The lowest BCUT2D eigenvalue weighted by atomic mass is 9.99. The molecule has 0 amide bonds. The van der Waals surface area contributed by atoms with Gasteiger partial charge in [-0.1, -0.05) is 51.0 Å². The molecule has 1 aliphatic carbocycles. The van der Waals surface area contributed by atoms with Crippen molar-refractivity contribution < 1.29 is 19.1 Å². The van der Waals surface area contributed by atoms with Crippen LogP contribution < -0.4 is 0 Å². The number of ketones is 2. The molecule has 1 fully saturated rings. The summed E-state index contributed by atoms with van der Waals surface area (Å²) in [5.41, 5.74) is 1.39. The quantitative estimate of drug-likeness (QED) is 0.456. The van der Waals surface area contributed by atoms with E-state index < -0.39 is 17.9 Å². The van der Waals surface area contributed by atoms with Crippen LogP contribution >= 0.6 is 0 Å². The Labute approximate surface area is 137 Å². The first-order valence-electron chi connectivity index (χ1n) is 8.29. The van der Waals surface area contributed by atoms with Gasteiger partial charge in [-0.15, -0.1) is 0 Å². The van der Waals surface area contributed by atoms with Crippen LogP contribution in [0.3, 0.4) is 0 Å². The summed E-state index contributed by atoms with van der Waals surface area (Å²) in [6, 6.07) is 6.92. The second kappa shape index (κ2) is 7.53. The van der Waals surface area contributed by atoms with E-state index in [0.29, 0.717) is 11.5 Å². The van der Waals surface area contributed by atoms with Gasteiger partial charge in [0.1, 0.15) is 0 Å². The second-order valence-electron chi connectivity index (χ2n) is 6.54. The predicted molar refractivity (Wildman–Crippen MR) is 87.4 cm³/mol. The zero-order valence-corrected chi connectivity index (χ0v) is 14.0. The average molecular weight is 316 g/mol. The summed E-state index contributed by atoms with van der Waals surface area (Å²) in [6.45, 7) is 5.66. The number of Topliss-reactive ketones (excluding diaryl/α,β-unsaturated/α-hetero) is 2. The lowest BCUT2D eigenvalue weighted by Crippen LogP contribution is -2.31. The fourth-order valence-corrected chi connectivity index (χ4v) is 2.95. The summed E-state index contributed by atoms with van der Waals surface area (Å²) in [4.78, 5) is 36.3. The maximum atomic E-state index is 12.2. The largest absolute Gasteiger partial charge is 0.449 e. The van der Waals surface area contributed by atoms with Crippen LogP contribution in [0.15, 0.2) is 24.3 Å². The summed E-state index contributed by atoms with van der Waals surface area (Å²) in [6.07, 6.45) is 2.93. The van der Waals surface area contributed by atoms with E-state index in [2.05, 4.69) is 13.8 Å². The summed E-state index contributed by atoms with van der Waals surface area (Å²) >= 11 is 0. The molecule has 1 atom stereocenters. The third kappa shape index (κ3) is 4.27. The van der Waals surface area contributed by atoms with Crippen molar-refractivity contribution in [3.05, 3.63) is 35.4 Å². The van der Waals surface area contributed by atoms with E-state index in [-0.39, 0.29) is 11.7 Å². The third-order valence-electron chi connectivity index (χ3n) is 4.47. The van der Waals surface area contributed by atoms with E-state index in [4.69, 9.17) is 4.74 Å². The van der Waals surface area contributed by atoms with Gasteiger partial charge in [-0.3, -0.25) is 9.59 Å². The van der Waals surface area contributed by atoms with E-state index in [1.54, 1.807) is 19.1 Å². The molecule has 0 N–H and O–H groups in total. The molecule has 1 aromatic carbocycles. The number of ether oxygens (including phenoxy) is 1. The van der Waals surface area contributed by atoms with Gasteiger partial charge >= 0.3 is 5.97 Å². The smallest absolute Gasteiger partial charge is 0.380 e. The molecule has 4 nitrogen and oxygen atoms in total. The van der Waals surface area contributed by atoms with Crippen LogP contribution in [-0.4, -0.2) is 23.6 Å². The molecule has 2 rings (SSSR count). The van der Waals surface area contributed by atoms with Crippen molar-refractivity contribution in [3.8, 4) is 0 Å². The van der Waals surface area contributed by atoms with E-state index in [1.807, 2.05) is 12.1 Å². The molecule has 0 aliphatic heterocycles. The highest BCUT2D eigenvalue weighted by Gasteiger charge is 2.30. The van der Waals surface area contributed by atoms with E-state index in [9.17, 15) is 14.4 Å². The molecule has 124 valence electrons. The zero-order valence-electron chi connectivity index (χ0n) is 14.0. The van der Waals surface area contributed by atoms with E-state index in [1.165, 1.54) is 0 Å². The third-order valence-corrected chi connectivity index (χ3v) is 4.47. The van der Waals surface area contributed by atoms with Crippen molar-refractivity contribution in [2.24, 2.45) is 5.92 Å². The number of hydrogen-bond donors (Lipinski definition) is 0. The molecule has 0 heterocycles. The van der Waals surface area contributed by atoms with E-state index in [0.717, 1.165) is 31.2 Å². The van der Waals surface area contributed by atoms with Crippen LogP contribution in [0.2, 0.25) is 0 Å². The molecule has 0 bridgehead atoms. The van der Waals surface area contributed by atoms with Gasteiger partial charge < -0.3 is 4.74 Å². The fourth-order valence-electron chi connectivity index (χ4n) is 2.95. The molecule has 23 heavy (non-hydrogen) atoms. The Hall–Kier alpha value is -1.97. The van der Waals surface area contributed by atoms with Gasteiger partial charge in [-0.05, 0) is 31.2 Å². The Morgan fingerprint density at radius 3 is 2.09 bits per heavy atom. The number of rotatable bonds is 6. The Morgan fingerprint density at radius 2 is 1.57 bits per heavy atom. The van der Waals surface area contributed by atoms with Gasteiger partial charge in [0.15, 0.2) is 11.9 Å². The number of carbonyl (C=O) groups is 3. The first-order valence-corrected chi connectivity index (χ1v) is 8.29. The van der Waals surface area contributed by atoms with E-state index >= 15 is 0 Å². The van der Waals surface area contributed by atoms with Crippen molar-refractivity contribution >= 4 is 17.5 Å². The highest BCUT2D eigenvalue weighted by molar-refractivity contribution is 6.40. The Kier molecular flexibility index (Phi) is 5.69. The van der Waals surface area contributed by atoms with Crippen LogP contribution in [0, 0.1) is 5.92 Å². The van der Waals surface area contributed by atoms with Crippen molar-refractivity contribution in [1.82, 2.24) is 0 Å². The van der Waals surface area contributed by atoms with Gasteiger partial charge in [-0.2, -0.15) is 0 Å². The minimum Gasteiger partial charge on any atom is -0.449 e. The summed E-state index contributed by atoms with van der Waals surface area (Å²) in [7, 11) is 0. The maximum absolute atomic E-state index is 12.2. The summed E-state index contributed by atoms with van der Waals surface area (Å²) < 4.78 is 5.08. The van der Waals surface area contributed by atoms with Crippen LogP contribution in [-0.2, 0) is 14.3 Å². The van der Waals surface area contributed by atoms with Gasteiger partial charge in [-0.25, -0.2) is 4.79 Å². The maximum Gasteiger partial charge on any atom is 0.380 e. The van der Waals surface area contributed by atoms with Gasteiger partial charge in [0.25, 0.3) is 5.78 Å². The number of carbonyl (C=O) groups excluding carboxylic acids is 3. The number of hydrogen-bond acceptors (Lipinski definition) is 4. The Balaban J connectivity index is 1.96. The Morgan fingerprint density at radius 1 is 1.00 bits per heavy atom. The van der Waals surface area contributed by atoms with Gasteiger partial charge in [0.2, 0.25) is 0 Å². The van der Waals surface area contributed by atoms with Gasteiger partial charge in [0, 0.05) is 11.5 Å². The molecule has 0 radical (unpaired) electrons. The molecule has 1 aromatic rings. The van der Waals surface area contributed by atoms with Crippen molar-refractivity contribution in [3.63, 3.8) is 0 Å². The van der Waals surface area contributed by atoms with Crippen LogP contribution in [0.4, 0.5) is 0 Å². The molecule has 0 spiro atoms. The fraction of sp³-hybridized carbons (Fsp3) is 0.526. The first kappa shape index (κ1) is 17.4. The average Bonchev–Trinajstić information content (AvgIpc) is 3.07. The monoisotopic (exact) mass is 316 g/mol. The molecule has 1 saturated carbocycles. The summed E-state index contributed by atoms with van der Waals surface area (Å²) in [5.74, 6) is -1.40. The number of benzene rings is 1. The lowest BCUT2D eigenvalue weighted by Gasteiger charge is -2.15. The molecular formula is C19H24O4. The highest BCUT2D eigenvalue weighted by Crippen LogP contribution is 2.27. The van der Waals surface area contributed by atoms with Crippen LogP contribution in [0.5, 0.6) is 0 Å². The van der Waals surface area contributed by atoms with Crippen molar-refractivity contribution in [2.45, 2.75) is 58.5 Å². The normalized spacial score (nSPS) is 16.3. The predicted octanol–water partition coefficient (Wildman–Crippen LogP) is 3.68. The minimum atomic E-state index is -0.957. The minimum absolute atomic E-state index is 0.0294. The lowest BCUT2D eigenvalue weighted by molar-refractivity contribution is -0.150. The second-order valence-corrected chi connectivity index (χ2v) is 6.54. The molecule has 0 unspecified atom stereocenters. The van der Waals surface area contributed by atoms with Crippen molar-refractivity contribution in [2.75, 3.05) is 0 Å². The molecule has 4 heteroatoms. The molecule has 0 aromatic heterocycles. The topological polar surface area (TPSA) is 60.4 Å². The van der Waals surface area contributed by atoms with Crippen LogP contribution in [0.1, 0.15) is 68.3 Å². The van der Waals surface area contributed by atoms with Crippen LogP contribution in [0.25, 0.3) is 0 Å². The Bertz CT molecular complexity index is 580. The standard InChI is InChI=1S/C19H24O4/c1-12(2)14-8-10-16(11-9-14)18(21)19(22)23-13(3)17(20)15-6-4-5-7-15/h8-13,15H,4-7H2,1-3H3/t13-/m0/s1. The first-order chi connectivity index (χ1) is 10.9. The zero-order chi connectivity index (χ0) is 17.0. The SMILES string of the molecule is CC(C)c1ccc(C(=O)C(=O)O[C@@H](C)C(=O)C2CCCC2)cc1. The van der Waals surface area contributed by atoms with Crippen molar-refractivity contribution in [1.29, 1.82) is 0 Å². The summed E-state index contributed by atoms with van der Waals surface area (Å²) in [5, 5.41) is 0. The molecule has 0 saturated heterocycles. The highest BCUT2D eigenvalue weighted by atomic mass is 16.6.